The number of pyridine rings is 1. The lowest BCUT2D eigenvalue weighted by molar-refractivity contribution is -0.353. The van der Waals surface area contributed by atoms with Gasteiger partial charge < -0.3 is 14.9 Å². The van der Waals surface area contributed by atoms with Crippen molar-refractivity contribution in [3.63, 3.8) is 0 Å². The van der Waals surface area contributed by atoms with Crippen molar-refractivity contribution in [3.8, 4) is 23.0 Å². The van der Waals surface area contributed by atoms with E-state index in [0.29, 0.717) is 38.7 Å². The highest BCUT2D eigenvalue weighted by Gasteiger charge is 2.76. The van der Waals surface area contributed by atoms with Gasteiger partial charge in [0.1, 0.15) is 18.0 Å². The number of hydrogen-bond acceptors (Lipinski definition) is 7. The van der Waals surface area contributed by atoms with Crippen molar-refractivity contribution in [2.45, 2.75) is 30.9 Å². The Balaban J connectivity index is 1.57. The van der Waals surface area contributed by atoms with Gasteiger partial charge in [-0.3, -0.25) is 9.36 Å². The third kappa shape index (κ3) is 4.67. The lowest BCUT2D eigenvalue weighted by atomic mass is 9.98. The molecular weight excluding hydrogens is 568 g/mol. The second kappa shape index (κ2) is 10.3. The molecule has 1 aromatic carbocycles. The summed E-state index contributed by atoms with van der Waals surface area (Å²) in [5.74, 6) is -1.77. The molecule has 15 heteroatoms. The van der Waals surface area contributed by atoms with E-state index in [1.807, 2.05) is 36.4 Å². The van der Waals surface area contributed by atoms with Crippen molar-refractivity contribution in [1.29, 1.82) is 5.26 Å². The van der Waals surface area contributed by atoms with Crippen LogP contribution in [-0.2, 0) is 4.79 Å². The zero-order valence-electron chi connectivity index (χ0n) is 21.7. The Kier molecular flexibility index (Phi) is 7.05. The number of aliphatic hydroxyl groups is 1. The SMILES string of the molecule is CC1CN(c2ncnc3c2c(-c2ccccc2)cn3-c2cc(C#N)ccn2)CCN1C(=O)C(O)(C(F)(F)F)C(F)(F)F. The highest BCUT2D eigenvalue weighted by atomic mass is 19.4. The predicted molar refractivity (Wildman–Crippen MR) is 137 cm³/mol. The van der Waals surface area contributed by atoms with E-state index in [1.54, 1.807) is 21.7 Å². The number of nitriles is 1. The van der Waals surface area contributed by atoms with Crippen LogP contribution in [0, 0.1) is 11.3 Å². The van der Waals surface area contributed by atoms with Gasteiger partial charge in [-0.25, -0.2) is 15.0 Å². The maximum atomic E-state index is 13.4. The molecule has 1 atom stereocenters. The molecule has 0 bridgehead atoms. The van der Waals surface area contributed by atoms with E-state index < -0.39 is 36.4 Å². The molecule has 3 aromatic heterocycles. The number of nitrogens with zero attached hydrogens (tertiary/aromatic N) is 7. The molecular formula is C27H21F6N7O2. The monoisotopic (exact) mass is 589 g/mol. The quantitative estimate of drug-likeness (QED) is 0.355. The highest BCUT2D eigenvalue weighted by molar-refractivity contribution is 6.02. The van der Waals surface area contributed by atoms with Gasteiger partial charge in [0, 0.05) is 43.6 Å². The van der Waals surface area contributed by atoms with Crippen LogP contribution >= 0.6 is 0 Å². The molecule has 1 amide bonds. The fourth-order valence-corrected chi connectivity index (χ4v) is 4.98. The molecule has 4 aromatic rings. The van der Waals surface area contributed by atoms with Crippen molar-refractivity contribution in [2.24, 2.45) is 0 Å². The van der Waals surface area contributed by atoms with Crippen LogP contribution in [0.15, 0.2) is 61.2 Å². The molecule has 1 aliphatic heterocycles. The summed E-state index contributed by atoms with van der Waals surface area (Å²) in [7, 11) is 0. The van der Waals surface area contributed by atoms with Crippen LogP contribution < -0.4 is 4.90 Å². The molecule has 0 spiro atoms. The molecule has 218 valence electrons. The van der Waals surface area contributed by atoms with E-state index in [1.165, 1.54) is 25.5 Å². The lowest BCUT2D eigenvalue weighted by Gasteiger charge is -2.44. The van der Waals surface area contributed by atoms with Gasteiger partial charge in [-0.15, -0.1) is 0 Å². The summed E-state index contributed by atoms with van der Waals surface area (Å²) in [6.07, 6.45) is -8.08. The van der Waals surface area contributed by atoms with Crippen molar-refractivity contribution in [2.75, 3.05) is 24.5 Å². The summed E-state index contributed by atoms with van der Waals surface area (Å²) in [4.78, 5) is 27.8. The van der Waals surface area contributed by atoms with Gasteiger partial charge >= 0.3 is 18.0 Å². The van der Waals surface area contributed by atoms with Crippen molar-refractivity contribution < 1.29 is 36.2 Å². The number of piperazine rings is 1. The smallest absolute Gasteiger partial charge is 0.366 e. The number of aromatic nitrogens is 4. The third-order valence-corrected chi connectivity index (χ3v) is 7.09. The standard InChI is InChI=1S/C27H21F6N7O2/c1-16-13-38(9-10-39(16)24(41)25(42,26(28,29)30)27(31,32)33)22-21-19(18-5-3-2-4-6-18)14-40(23(21)37-15-36-22)20-11-17(12-34)7-8-35-20/h2-8,11,14-16,42H,9-10,13H2,1H3. The number of carbonyl (C=O) groups excluding carboxylic acids is 1. The second-order valence-corrected chi connectivity index (χ2v) is 9.69. The van der Waals surface area contributed by atoms with Crippen molar-refractivity contribution >= 4 is 22.8 Å². The number of hydrogen-bond donors (Lipinski definition) is 1. The maximum Gasteiger partial charge on any atom is 0.435 e. The first-order valence-corrected chi connectivity index (χ1v) is 12.5. The van der Waals surface area contributed by atoms with E-state index in [4.69, 9.17) is 0 Å². The topological polar surface area (TPSA) is 111 Å². The number of amides is 1. The summed E-state index contributed by atoms with van der Waals surface area (Å²) in [6.45, 7) is 0.365. The van der Waals surface area contributed by atoms with Gasteiger partial charge in [-0.1, -0.05) is 30.3 Å². The number of halogens is 6. The normalized spacial score (nSPS) is 16.5. The van der Waals surface area contributed by atoms with Crippen molar-refractivity contribution in [1.82, 2.24) is 24.4 Å². The minimum Gasteiger partial charge on any atom is -0.366 e. The van der Waals surface area contributed by atoms with Crippen LogP contribution in [-0.4, -0.2) is 79.1 Å². The highest BCUT2D eigenvalue weighted by Crippen LogP contribution is 2.45. The van der Waals surface area contributed by atoms with Gasteiger partial charge in [0.05, 0.1) is 17.0 Å². The zero-order valence-corrected chi connectivity index (χ0v) is 21.7. The summed E-state index contributed by atoms with van der Waals surface area (Å²) >= 11 is 0. The molecule has 0 saturated carbocycles. The average molecular weight is 590 g/mol. The Hall–Kier alpha value is -4.71. The molecule has 9 nitrogen and oxygen atoms in total. The fraction of sp³-hybridized carbons (Fsp3) is 0.296. The van der Waals surface area contributed by atoms with E-state index in [2.05, 4.69) is 15.0 Å². The van der Waals surface area contributed by atoms with E-state index in [0.717, 1.165) is 5.56 Å². The molecule has 1 saturated heterocycles. The minimum atomic E-state index is -6.28. The zero-order chi connectivity index (χ0) is 30.4. The Morgan fingerprint density at radius 3 is 2.33 bits per heavy atom. The van der Waals surface area contributed by atoms with Crippen LogP contribution in [0.1, 0.15) is 12.5 Å². The molecule has 1 N–H and O–H groups in total. The Morgan fingerprint density at radius 1 is 1.02 bits per heavy atom. The molecule has 1 aliphatic rings. The number of carbonyl (C=O) groups is 1. The molecule has 1 fully saturated rings. The lowest BCUT2D eigenvalue weighted by Crippen LogP contribution is -2.69. The molecule has 42 heavy (non-hydrogen) atoms. The number of fused-ring (bicyclic) bond motifs is 1. The molecule has 0 aliphatic carbocycles. The Bertz CT molecular complexity index is 1670. The van der Waals surface area contributed by atoms with Gasteiger partial charge in [0.2, 0.25) is 0 Å². The molecule has 1 unspecified atom stereocenters. The Labute approximate surface area is 234 Å². The largest absolute Gasteiger partial charge is 0.435 e. The van der Waals surface area contributed by atoms with Crippen LogP contribution in [0.4, 0.5) is 32.2 Å². The van der Waals surface area contributed by atoms with Crippen LogP contribution in [0.5, 0.6) is 0 Å². The number of rotatable bonds is 4. The van der Waals surface area contributed by atoms with Crippen LogP contribution in [0.25, 0.3) is 28.0 Å². The van der Waals surface area contributed by atoms with Crippen molar-refractivity contribution in [3.05, 3.63) is 66.7 Å². The summed E-state index contributed by atoms with van der Waals surface area (Å²) in [5, 5.41) is 19.5. The predicted octanol–water partition coefficient (Wildman–Crippen LogP) is 4.25. The number of benzene rings is 1. The first kappa shape index (κ1) is 28.8. The van der Waals surface area contributed by atoms with Gasteiger partial charge in [-0.2, -0.15) is 31.6 Å². The molecule has 0 radical (unpaired) electrons. The van der Waals surface area contributed by atoms with Gasteiger partial charge in [-0.05, 0) is 24.6 Å². The van der Waals surface area contributed by atoms with Gasteiger partial charge in [0.15, 0.2) is 5.65 Å². The van der Waals surface area contributed by atoms with Crippen LogP contribution in [0.3, 0.4) is 0 Å². The second-order valence-electron chi connectivity index (χ2n) is 9.69. The number of anilines is 1. The van der Waals surface area contributed by atoms with E-state index in [9.17, 15) is 41.5 Å². The van der Waals surface area contributed by atoms with Crippen LogP contribution in [0.2, 0.25) is 0 Å². The Morgan fingerprint density at radius 2 is 1.71 bits per heavy atom. The number of alkyl halides is 6. The maximum absolute atomic E-state index is 13.4. The molecule has 5 rings (SSSR count). The van der Waals surface area contributed by atoms with E-state index >= 15 is 0 Å². The summed E-state index contributed by atoms with van der Waals surface area (Å²) in [5.41, 5.74) is -3.39. The van der Waals surface area contributed by atoms with Gasteiger partial charge in [0.25, 0.3) is 5.91 Å². The first-order valence-electron chi connectivity index (χ1n) is 12.5. The third-order valence-electron chi connectivity index (χ3n) is 7.09. The summed E-state index contributed by atoms with van der Waals surface area (Å²) in [6, 6.07) is 13.1. The first-order chi connectivity index (χ1) is 19.8. The summed E-state index contributed by atoms with van der Waals surface area (Å²) < 4.78 is 81.9. The minimum absolute atomic E-state index is 0.185. The molecule has 4 heterocycles. The fourth-order valence-electron chi connectivity index (χ4n) is 4.98. The van der Waals surface area contributed by atoms with E-state index in [-0.39, 0.29) is 13.1 Å². The average Bonchev–Trinajstić information content (AvgIpc) is 3.35.